The predicted molar refractivity (Wildman–Crippen MR) is 71.7 cm³/mol. The van der Waals surface area contributed by atoms with Gasteiger partial charge in [0.25, 0.3) is 0 Å². The van der Waals surface area contributed by atoms with Crippen molar-refractivity contribution >= 4 is 6.08 Å². The Morgan fingerprint density at radius 1 is 1.18 bits per heavy atom. The summed E-state index contributed by atoms with van der Waals surface area (Å²) in [4.78, 5) is 0. The van der Waals surface area contributed by atoms with Crippen molar-refractivity contribution < 1.29 is 9.47 Å². The van der Waals surface area contributed by atoms with Gasteiger partial charge in [-0.2, -0.15) is 0 Å². The van der Waals surface area contributed by atoms with Gasteiger partial charge in [0.05, 0.1) is 14.2 Å². The first kappa shape index (κ1) is 13.6. The van der Waals surface area contributed by atoms with Gasteiger partial charge in [0.2, 0.25) is 0 Å². The van der Waals surface area contributed by atoms with Gasteiger partial charge < -0.3 is 15.2 Å². The molecule has 0 bridgehead atoms. The Kier molecular flexibility index (Phi) is 5.04. The topological polar surface area (TPSA) is 44.5 Å². The lowest BCUT2D eigenvalue weighted by Gasteiger charge is -2.15. The number of methoxy groups -OCH3 is 2. The molecule has 3 nitrogen and oxygen atoms in total. The zero-order valence-corrected chi connectivity index (χ0v) is 11.0. The van der Waals surface area contributed by atoms with Gasteiger partial charge in [0, 0.05) is 17.7 Å². The van der Waals surface area contributed by atoms with Gasteiger partial charge in [-0.05, 0) is 18.1 Å². The molecule has 2 N–H and O–H groups in total. The van der Waals surface area contributed by atoms with Crippen LogP contribution in [-0.2, 0) is 0 Å². The summed E-state index contributed by atoms with van der Waals surface area (Å²) >= 11 is 0. The van der Waals surface area contributed by atoms with E-state index in [1.165, 1.54) is 0 Å². The summed E-state index contributed by atoms with van der Waals surface area (Å²) in [5, 5.41) is 0. The Labute approximate surface area is 103 Å². The lowest BCUT2D eigenvalue weighted by atomic mass is 9.99. The second kappa shape index (κ2) is 6.30. The van der Waals surface area contributed by atoms with Crippen molar-refractivity contribution in [2.75, 3.05) is 20.8 Å². The lowest BCUT2D eigenvalue weighted by Crippen LogP contribution is -1.98. The van der Waals surface area contributed by atoms with E-state index in [0.717, 1.165) is 22.6 Å². The summed E-state index contributed by atoms with van der Waals surface area (Å²) in [6.45, 7) is 4.77. The third-order valence-corrected chi connectivity index (χ3v) is 2.64. The molecule has 0 saturated heterocycles. The molecule has 0 spiro atoms. The van der Waals surface area contributed by atoms with Gasteiger partial charge >= 0.3 is 0 Å². The molecule has 1 rings (SSSR count). The van der Waals surface area contributed by atoms with Crippen LogP contribution >= 0.6 is 0 Å². The summed E-state index contributed by atoms with van der Waals surface area (Å²) in [7, 11) is 3.36. The highest BCUT2D eigenvalue weighted by molar-refractivity contribution is 5.62. The normalized spacial score (nSPS) is 11.2. The highest BCUT2D eigenvalue weighted by Crippen LogP contribution is 2.34. The lowest BCUT2D eigenvalue weighted by molar-refractivity contribution is 0.396. The van der Waals surface area contributed by atoms with E-state index in [1.807, 2.05) is 24.3 Å². The first-order chi connectivity index (χ1) is 8.13. The van der Waals surface area contributed by atoms with Crippen LogP contribution in [0.3, 0.4) is 0 Å². The van der Waals surface area contributed by atoms with Crippen molar-refractivity contribution in [2.45, 2.75) is 19.8 Å². The molecule has 0 aliphatic carbocycles. The quantitative estimate of drug-likeness (QED) is 0.853. The number of nitrogens with two attached hydrogens (primary N) is 1. The maximum Gasteiger partial charge on any atom is 0.126 e. The average Bonchev–Trinajstić information content (AvgIpc) is 2.34. The predicted octanol–water partition coefficient (Wildman–Crippen LogP) is 2.80. The molecule has 0 aliphatic rings. The third kappa shape index (κ3) is 3.24. The van der Waals surface area contributed by atoms with E-state index in [4.69, 9.17) is 15.2 Å². The molecule has 0 radical (unpaired) electrons. The van der Waals surface area contributed by atoms with E-state index < -0.39 is 0 Å². The SMILES string of the molecule is COc1cc(C(C)C)c(OC)cc1/C=C/CN. The Hall–Kier alpha value is -1.48. The van der Waals surface area contributed by atoms with Crippen molar-refractivity contribution in [2.24, 2.45) is 5.73 Å². The van der Waals surface area contributed by atoms with E-state index in [0.29, 0.717) is 12.5 Å². The zero-order chi connectivity index (χ0) is 12.8. The molecule has 0 aromatic heterocycles. The van der Waals surface area contributed by atoms with Crippen LogP contribution in [0.25, 0.3) is 6.08 Å². The fraction of sp³-hybridized carbons (Fsp3) is 0.429. The van der Waals surface area contributed by atoms with Crippen LogP contribution in [0.15, 0.2) is 18.2 Å². The average molecular weight is 235 g/mol. The molecule has 0 amide bonds. The minimum Gasteiger partial charge on any atom is -0.496 e. The second-order valence-corrected chi connectivity index (χ2v) is 4.13. The number of hydrogen-bond donors (Lipinski definition) is 1. The van der Waals surface area contributed by atoms with E-state index in [9.17, 15) is 0 Å². The van der Waals surface area contributed by atoms with Crippen molar-refractivity contribution in [1.29, 1.82) is 0 Å². The molecule has 17 heavy (non-hydrogen) atoms. The number of rotatable bonds is 5. The maximum absolute atomic E-state index is 5.46. The van der Waals surface area contributed by atoms with Crippen molar-refractivity contribution in [3.63, 3.8) is 0 Å². The molecule has 0 saturated carbocycles. The Balaban J connectivity index is 3.27. The standard InChI is InChI=1S/C14H21NO2/c1-10(2)12-9-13(16-3)11(6-5-7-15)8-14(12)17-4/h5-6,8-10H,7,15H2,1-4H3/b6-5+. The molecule has 0 atom stereocenters. The molecule has 3 heteroatoms. The Morgan fingerprint density at radius 2 is 1.82 bits per heavy atom. The highest BCUT2D eigenvalue weighted by atomic mass is 16.5. The van der Waals surface area contributed by atoms with Crippen LogP contribution in [0, 0.1) is 0 Å². The van der Waals surface area contributed by atoms with Crippen molar-refractivity contribution in [3.05, 3.63) is 29.3 Å². The smallest absolute Gasteiger partial charge is 0.126 e. The summed E-state index contributed by atoms with van der Waals surface area (Å²) in [5.74, 6) is 2.13. The fourth-order valence-electron chi connectivity index (χ4n) is 1.72. The fourth-order valence-corrected chi connectivity index (χ4v) is 1.72. The van der Waals surface area contributed by atoms with Gasteiger partial charge in [-0.15, -0.1) is 0 Å². The van der Waals surface area contributed by atoms with Crippen molar-refractivity contribution in [3.8, 4) is 11.5 Å². The van der Waals surface area contributed by atoms with Crippen LogP contribution in [-0.4, -0.2) is 20.8 Å². The molecule has 0 fully saturated rings. The first-order valence-electron chi connectivity index (χ1n) is 5.76. The minimum absolute atomic E-state index is 0.395. The molecule has 1 aromatic carbocycles. The van der Waals surface area contributed by atoms with Crippen LogP contribution in [0.2, 0.25) is 0 Å². The largest absolute Gasteiger partial charge is 0.496 e. The van der Waals surface area contributed by atoms with Gasteiger partial charge in [0.1, 0.15) is 11.5 Å². The van der Waals surface area contributed by atoms with E-state index >= 15 is 0 Å². The van der Waals surface area contributed by atoms with Gasteiger partial charge in [-0.1, -0.05) is 26.0 Å². The van der Waals surface area contributed by atoms with Crippen LogP contribution < -0.4 is 15.2 Å². The van der Waals surface area contributed by atoms with Gasteiger partial charge in [0.15, 0.2) is 0 Å². The monoisotopic (exact) mass is 235 g/mol. The molecular formula is C14H21NO2. The van der Waals surface area contributed by atoms with Crippen LogP contribution in [0.5, 0.6) is 11.5 Å². The maximum atomic E-state index is 5.46. The van der Waals surface area contributed by atoms with Crippen molar-refractivity contribution in [1.82, 2.24) is 0 Å². The second-order valence-electron chi connectivity index (χ2n) is 4.13. The molecule has 1 aromatic rings. The summed E-state index contributed by atoms with van der Waals surface area (Å²) in [6.07, 6.45) is 3.85. The number of hydrogen-bond acceptors (Lipinski definition) is 3. The Bertz CT molecular complexity index is 397. The minimum atomic E-state index is 0.395. The molecule has 0 heterocycles. The van der Waals surface area contributed by atoms with E-state index in [1.54, 1.807) is 14.2 Å². The molecule has 94 valence electrons. The molecular weight excluding hydrogens is 214 g/mol. The van der Waals surface area contributed by atoms with E-state index in [2.05, 4.69) is 13.8 Å². The highest BCUT2D eigenvalue weighted by Gasteiger charge is 2.12. The van der Waals surface area contributed by atoms with Gasteiger partial charge in [-0.3, -0.25) is 0 Å². The van der Waals surface area contributed by atoms with Crippen LogP contribution in [0.4, 0.5) is 0 Å². The van der Waals surface area contributed by atoms with E-state index in [-0.39, 0.29) is 0 Å². The summed E-state index contributed by atoms with van der Waals surface area (Å²) in [5.41, 5.74) is 7.59. The number of benzene rings is 1. The first-order valence-corrected chi connectivity index (χ1v) is 5.76. The van der Waals surface area contributed by atoms with Gasteiger partial charge in [-0.25, -0.2) is 0 Å². The molecule has 0 aliphatic heterocycles. The third-order valence-electron chi connectivity index (χ3n) is 2.64. The Morgan fingerprint density at radius 3 is 2.29 bits per heavy atom. The molecule has 0 unspecified atom stereocenters. The van der Waals surface area contributed by atoms with Crippen LogP contribution in [0.1, 0.15) is 30.9 Å². The zero-order valence-electron chi connectivity index (χ0n) is 11.0. The number of ether oxygens (including phenoxy) is 2. The summed E-state index contributed by atoms with van der Waals surface area (Å²) in [6, 6.07) is 4.01. The summed E-state index contributed by atoms with van der Waals surface area (Å²) < 4.78 is 10.8.